The molecule has 37 heavy (non-hydrogen) atoms. The van der Waals surface area contributed by atoms with Gasteiger partial charge in [-0.15, -0.1) is 0 Å². The van der Waals surface area contributed by atoms with Crippen LogP contribution in [0.3, 0.4) is 0 Å². The lowest BCUT2D eigenvalue weighted by Crippen LogP contribution is -2.40. The molecule has 9 heteroatoms. The van der Waals surface area contributed by atoms with E-state index in [-0.39, 0.29) is 12.2 Å². The van der Waals surface area contributed by atoms with Crippen molar-refractivity contribution in [3.63, 3.8) is 0 Å². The van der Waals surface area contributed by atoms with Gasteiger partial charge in [-0.1, -0.05) is 48.4 Å². The number of allylic oxidation sites excluding steroid dienone is 1. The predicted molar refractivity (Wildman–Crippen MR) is 145 cm³/mol. The van der Waals surface area contributed by atoms with Crippen molar-refractivity contribution >= 4 is 35.0 Å². The van der Waals surface area contributed by atoms with E-state index in [1.807, 2.05) is 44.2 Å². The van der Waals surface area contributed by atoms with Gasteiger partial charge in [-0.3, -0.25) is 9.36 Å². The predicted octanol–water partition coefficient (Wildman–Crippen LogP) is 4.64. The summed E-state index contributed by atoms with van der Waals surface area (Å²) in [6, 6.07) is 11.9. The number of carbonyl (C=O) groups is 1. The average Bonchev–Trinajstić information content (AvgIpc) is 3.19. The molecule has 0 aliphatic carbocycles. The fraction of sp³-hybridized carbons (Fsp3) is 0.321. The number of hydrogen-bond acceptors (Lipinski definition) is 7. The van der Waals surface area contributed by atoms with Crippen molar-refractivity contribution in [1.29, 1.82) is 0 Å². The smallest absolute Gasteiger partial charge is 0.338 e. The van der Waals surface area contributed by atoms with E-state index in [1.165, 1.54) is 11.3 Å². The van der Waals surface area contributed by atoms with E-state index in [4.69, 9.17) is 30.8 Å². The molecular formula is C28H29ClN2O5S. The summed E-state index contributed by atoms with van der Waals surface area (Å²) < 4.78 is 18.6. The van der Waals surface area contributed by atoms with Crippen LogP contribution in [0.25, 0.3) is 6.08 Å². The number of hydrogen-bond donors (Lipinski definition) is 0. The minimum absolute atomic E-state index is 0.198. The Hall–Kier alpha value is -3.36. The van der Waals surface area contributed by atoms with Crippen LogP contribution in [0, 0.1) is 0 Å². The highest BCUT2D eigenvalue weighted by Gasteiger charge is 2.36. The molecule has 1 aliphatic heterocycles. The molecule has 0 unspecified atom stereocenters. The molecule has 0 bridgehead atoms. The molecule has 1 atom stereocenters. The van der Waals surface area contributed by atoms with Gasteiger partial charge in [0.15, 0.2) is 4.80 Å². The van der Waals surface area contributed by atoms with Crippen LogP contribution in [0.15, 0.2) is 63.5 Å². The van der Waals surface area contributed by atoms with E-state index in [0.717, 1.165) is 17.7 Å². The van der Waals surface area contributed by atoms with Gasteiger partial charge in [0.25, 0.3) is 5.56 Å². The Balaban J connectivity index is 1.98. The molecule has 194 valence electrons. The summed E-state index contributed by atoms with van der Waals surface area (Å²) in [6.45, 7) is 6.47. The molecule has 7 nitrogen and oxygen atoms in total. The monoisotopic (exact) mass is 540 g/mol. The first-order valence-corrected chi connectivity index (χ1v) is 13.4. The molecule has 0 fully saturated rings. The summed E-state index contributed by atoms with van der Waals surface area (Å²) in [6.07, 6.45) is 3.14. The molecule has 3 aromatic rings. The maximum absolute atomic E-state index is 13.9. The van der Waals surface area contributed by atoms with Crippen molar-refractivity contribution in [2.45, 2.75) is 39.7 Å². The molecule has 4 rings (SSSR count). The first-order valence-electron chi connectivity index (χ1n) is 12.2. The van der Waals surface area contributed by atoms with E-state index < -0.39 is 12.0 Å². The fourth-order valence-corrected chi connectivity index (χ4v) is 5.51. The third-order valence-electron chi connectivity index (χ3n) is 5.87. The molecule has 1 aromatic heterocycles. The zero-order valence-electron chi connectivity index (χ0n) is 21.2. The summed E-state index contributed by atoms with van der Waals surface area (Å²) in [4.78, 5) is 32.5. The van der Waals surface area contributed by atoms with Crippen LogP contribution in [0.4, 0.5) is 0 Å². The van der Waals surface area contributed by atoms with Gasteiger partial charge in [-0.2, -0.15) is 0 Å². The molecule has 0 N–H and O–H groups in total. The summed E-state index contributed by atoms with van der Waals surface area (Å²) in [7, 11) is 1.54. The van der Waals surface area contributed by atoms with Crippen LogP contribution in [0.5, 0.6) is 11.5 Å². The highest BCUT2D eigenvalue weighted by atomic mass is 35.5. The summed E-state index contributed by atoms with van der Waals surface area (Å²) in [5.74, 6) is 0.759. The highest BCUT2D eigenvalue weighted by Crippen LogP contribution is 2.38. The van der Waals surface area contributed by atoms with E-state index in [0.29, 0.717) is 50.0 Å². The zero-order valence-corrected chi connectivity index (χ0v) is 22.8. The van der Waals surface area contributed by atoms with Gasteiger partial charge in [0, 0.05) is 10.6 Å². The Morgan fingerprint density at radius 3 is 2.54 bits per heavy atom. The van der Waals surface area contributed by atoms with Crippen LogP contribution >= 0.6 is 22.9 Å². The zero-order chi connectivity index (χ0) is 26.5. The third kappa shape index (κ3) is 5.50. The second-order valence-corrected chi connectivity index (χ2v) is 9.75. The SMILES string of the molecule is CCCC1=C(C(=O)OCC)[C@@H](c2cc(Cl)ccc2OC)n2c(s/c(=C/c3ccc(OCC)cc3)c2=O)=N1. The Bertz CT molecular complexity index is 1500. The molecular weight excluding hydrogens is 512 g/mol. The minimum Gasteiger partial charge on any atom is -0.496 e. The second-order valence-electron chi connectivity index (χ2n) is 8.30. The molecule has 1 aliphatic rings. The first kappa shape index (κ1) is 26.7. The van der Waals surface area contributed by atoms with Gasteiger partial charge >= 0.3 is 5.97 Å². The molecule has 0 amide bonds. The summed E-state index contributed by atoms with van der Waals surface area (Å²) in [5.41, 5.74) is 2.10. The number of carbonyl (C=O) groups excluding carboxylic acids is 1. The maximum Gasteiger partial charge on any atom is 0.338 e. The molecule has 0 radical (unpaired) electrons. The van der Waals surface area contributed by atoms with Crippen LogP contribution in [0.1, 0.15) is 50.8 Å². The number of esters is 1. The Morgan fingerprint density at radius 2 is 1.89 bits per heavy atom. The second kappa shape index (κ2) is 11.8. The van der Waals surface area contributed by atoms with Gasteiger partial charge in [-0.25, -0.2) is 9.79 Å². The van der Waals surface area contributed by atoms with Crippen LogP contribution in [0.2, 0.25) is 5.02 Å². The van der Waals surface area contributed by atoms with Gasteiger partial charge in [-0.05, 0) is 62.2 Å². The number of thiazole rings is 1. The van der Waals surface area contributed by atoms with Crippen molar-refractivity contribution in [2.75, 3.05) is 20.3 Å². The van der Waals surface area contributed by atoms with Crippen LogP contribution < -0.4 is 24.4 Å². The number of benzene rings is 2. The number of fused-ring (bicyclic) bond motifs is 1. The molecule has 0 saturated heterocycles. The van der Waals surface area contributed by atoms with Gasteiger partial charge in [0.05, 0.1) is 36.1 Å². The number of ether oxygens (including phenoxy) is 3. The van der Waals surface area contributed by atoms with E-state index in [2.05, 4.69) is 0 Å². The Morgan fingerprint density at radius 1 is 1.14 bits per heavy atom. The largest absolute Gasteiger partial charge is 0.496 e. The summed E-state index contributed by atoms with van der Waals surface area (Å²) >= 11 is 7.66. The van der Waals surface area contributed by atoms with Crippen molar-refractivity contribution in [1.82, 2.24) is 4.57 Å². The molecule has 2 aromatic carbocycles. The number of methoxy groups -OCH3 is 1. The number of rotatable bonds is 9. The van der Waals surface area contributed by atoms with E-state index in [9.17, 15) is 9.59 Å². The minimum atomic E-state index is -0.798. The van der Waals surface area contributed by atoms with E-state index in [1.54, 1.807) is 36.8 Å². The van der Waals surface area contributed by atoms with Crippen molar-refractivity contribution in [2.24, 2.45) is 4.99 Å². The molecule has 0 saturated carbocycles. The Labute approximate surface area is 224 Å². The lowest BCUT2D eigenvalue weighted by Gasteiger charge is -2.27. The number of aromatic nitrogens is 1. The third-order valence-corrected chi connectivity index (χ3v) is 7.09. The van der Waals surface area contributed by atoms with Crippen molar-refractivity contribution < 1.29 is 19.0 Å². The lowest BCUT2D eigenvalue weighted by molar-refractivity contribution is -0.139. The van der Waals surface area contributed by atoms with Gasteiger partial charge in [0.2, 0.25) is 0 Å². The normalized spacial score (nSPS) is 15.3. The fourth-order valence-electron chi connectivity index (χ4n) is 4.31. The number of nitrogens with zero attached hydrogens (tertiary/aromatic N) is 2. The maximum atomic E-state index is 13.9. The summed E-state index contributed by atoms with van der Waals surface area (Å²) in [5, 5.41) is 0.463. The van der Waals surface area contributed by atoms with Gasteiger partial charge < -0.3 is 14.2 Å². The highest BCUT2D eigenvalue weighted by molar-refractivity contribution is 7.07. The lowest BCUT2D eigenvalue weighted by atomic mass is 9.93. The molecule has 0 spiro atoms. The van der Waals surface area contributed by atoms with Crippen molar-refractivity contribution in [3.8, 4) is 11.5 Å². The first-order chi connectivity index (χ1) is 17.9. The quantitative estimate of drug-likeness (QED) is 0.369. The van der Waals surface area contributed by atoms with Crippen LogP contribution in [-0.4, -0.2) is 30.9 Å². The van der Waals surface area contributed by atoms with Crippen LogP contribution in [-0.2, 0) is 9.53 Å². The standard InChI is InChI=1S/C28H29ClN2O5S/c1-5-8-21-24(27(33)36-7-3)25(20-16-18(29)11-14-22(20)34-4)31-26(32)23(37-28(31)30-21)15-17-9-12-19(13-10-17)35-6-2/h9-16,25H,5-8H2,1-4H3/b23-15+/t25-/m1/s1. The number of halogens is 1. The van der Waals surface area contributed by atoms with E-state index >= 15 is 0 Å². The van der Waals surface area contributed by atoms with Gasteiger partial charge in [0.1, 0.15) is 17.5 Å². The molecule has 2 heterocycles. The topological polar surface area (TPSA) is 79.1 Å². The van der Waals surface area contributed by atoms with Crippen molar-refractivity contribution in [3.05, 3.63) is 89.6 Å². The Kier molecular flexibility index (Phi) is 8.51. The average molecular weight is 541 g/mol.